The number of carbonyl (C=O) groups is 1. The summed E-state index contributed by atoms with van der Waals surface area (Å²) < 4.78 is 32.0. The Morgan fingerprint density at radius 1 is 1.00 bits per heavy atom. The summed E-state index contributed by atoms with van der Waals surface area (Å²) in [4.78, 5) is 11.2. The summed E-state index contributed by atoms with van der Waals surface area (Å²) in [5.74, 6) is -3.12. The van der Waals surface area contributed by atoms with Crippen LogP contribution in [0.15, 0.2) is 54.6 Å². The van der Waals surface area contributed by atoms with Crippen LogP contribution in [0.4, 0.5) is 13.6 Å². The zero-order valence-electron chi connectivity index (χ0n) is 11.1. The van der Waals surface area contributed by atoms with Crippen molar-refractivity contribution in [2.24, 2.45) is 0 Å². The smallest absolute Gasteiger partial charge is 0.408 e. The number of cyclic esters (lactones) is 1. The summed E-state index contributed by atoms with van der Waals surface area (Å²) in [6.45, 7) is -0.899. The quantitative estimate of drug-likeness (QED) is 0.914. The van der Waals surface area contributed by atoms with Gasteiger partial charge in [0.05, 0.1) is 0 Å². The lowest BCUT2D eigenvalue weighted by atomic mass is 9.97. The number of amides is 1. The second-order valence-corrected chi connectivity index (χ2v) is 4.90. The van der Waals surface area contributed by atoms with Crippen LogP contribution in [-0.2, 0) is 4.74 Å². The predicted molar refractivity (Wildman–Crippen MR) is 74.0 cm³/mol. The molecule has 1 saturated heterocycles. The first kappa shape index (κ1) is 13.5. The van der Waals surface area contributed by atoms with Crippen molar-refractivity contribution >= 4 is 6.09 Å². The molecular weight excluding hydrogens is 276 g/mol. The van der Waals surface area contributed by atoms with Crippen molar-refractivity contribution in [3.63, 3.8) is 0 Å². The maximum absolute atomic E-state index is 13.8. The molecule has 3 nitrogen and oxygen atoms in total. The van der Waals surface area contributed by atoms with Crippen LogP contribution in [0, 0.1) is 0 Å². The van der Waals surface area contributed by atoms with Gasteiger partial charge in [-0.25, -0.2) is 13.6 Å². The molecule has 1 amide bonds. The number of halogens is 2. The van der Waals surface area contributed by atoms with E-state index in [0.29, 0.717) is 5.56 Å². The van der Waals surface area contributed by atoms with Crippen molar-refractivity contribution in [1.82, 2.24) is 5.32 Å². The van der Waals surface area contributed by atoms with Crippen LogP contribution in [-0.4, -0.2) is 18.6 Å². The van der Waals surface area contributed by atoms with Crippen molar-refractivity contribution in [1.29, 1.82) is 0 Å². The highest BCUT2D eigenvalue weighted by Gasteiger charge is 2.46. The molecule has 2 aromatic carbocycles. The summed E-state index contributed by atoms with van der Waals surface area (Å²) in [5.41, 5.74) is 2.30. The van der Waals surface area contributed by atoms with Crippen LogP contribution >= 0.6 is 0 Å². The number of hydrogen-bond acceptors (Lipinski definition) is 2. The second-order valence-electron chi connectivity index (χ2n) is 4.90. The van der Waals surface area contributed by atoms with Crippen molar-refractivity contribution in [3.05, 3.63) is 60.2 Å². The van der Waals surface area contributed by atoms with Gasteiger partial charge in [0.25, 0.3) is 0 Å². The maximum Gasteiger partial charge on any atom is 0.408 e. The molecule has 0 saturated carbocycles. The van der Waals surface area contributed by atoms with Crippen LogP contribution < -0.4 is 5.32 Å². The van der Waals surface area contributed by atoms with E-state index in [0.717, 1.165) is 11.1 Å². The molecule has 108 valence electrons. The maximum atomic E-state index is 13.8. The van der Waals surface area contributed by atoms with E-state index in [9.17, 15) is 13.6 Å². The number of nitrogens with one attached hydrogen (secondary N) is 1. The van der Waals surface area contributed by atoms with E-state index in [1.54, 1.807) is 24.3 Å². The Labute approximate surface area is 120 Å². The van der Waals surface area contributed by atoms with Gasteiger partial charge in [-0.05, 0) is 16.7 Å². The molecule has 1 aliphatic heterocycles. The minimum absolute atomic E-state index is 0.358. The van der Waals surface area contributed by atoms with Crippen LogP contribution in [0.3, 0.4) is 0 Å². The second kappa shape index (κ2) is 5.16. The average molecular weight is 289 g/mol. The molecule has 0 spiro atoms. The van der Waals surface area contributed by atoms with Crippen LogP contribution in [0.2, 0.25) is 0 Å². The zero-order chi connectivity index (χ0) is 14.9. The van der Waals surface area contributed by atoms with Gasteiger partial charge < -0.3 is 10.1 Å². The fraction of sp³-hybridized carbons (Fsp3) is 0.188. The molecule has 0 aromatic heterocycles. The van der Waals surface area contributed by atoms with Gasteiger partial charge in [-0.1, -0.05) is 54.6 Å². The molecule has 21 heavy (non-hydrogen) atoms. The van der Waals surface area contributed by atoms with E-state index in [-0.39, 0.29) is 0 Å². The van der Waals surface area contributed by atoms with Crippen molar-refractivity contribution in [2.75, 3.05) is 6.61 Å². The summed E-state index contributed by atoms with van der Waals surface area (Å²) in [6, 6.07) is 15.0. The third-order valence-corrected chi connectivity index (χ3v) is 3.43. The number of alkyl halides is 2. The monoisotopic (exact) mass is 289 g/mol. The predicted octanol–water partition coefficient (Wildman–Crippen LogP) is 3.77. The van der Waals surface area contributed by atoms with E-state index < -0.39 is 24.7 Å². The Hall–Kier alpha value is -2.43. The van der Waals surface area contributed by atoms with E-state index in [2.05, 4.69) is 10.1 Å². The standard InChI is InChI=1S/C16H13F2NO2/c17-16(18)10-21-15(20)19-14(16)13-8-6-12(7-9-13)11-4-2-1-3-5-11/h1-9,14H,10H2,(H,19,20)/t14-/m1/s1. The molecule has 2 aromatic rings. The van der Waals surface area contributed by atoms with E-state index in [1.165, 1.54) is 0 Å². The Kier molecular flexibility index (Phi) is 3.33. The first-order valence-electron chi connectivity index (χ1n) is 6.53. The van der Waals surface area contributed by atoms with Gasteiger partial charge >= 0.3 is 12.0 Å². The minimum atomic E-state index is -3.12. The Bertz CT molecular complexity index is 641. The van der Waals surface area contributed by atoms with Crippen LogP contribution in [0.25, 0.3) is 11.1 Å². The van der Waals surface area contributed by atoms with E-state index >= 15 is 0 Å². The summed E-state index contributed by atoms with van der Waals surface area (Å²) in [7, 11) is 0. The molecule has 1 aliphatic rings. The number of ether oxygens (including phenoxy) is 1. The number of alkyl carbamates (subject to hydrolysis) is 1. The molecule has 1 N–H and O–H groups in total. The zero-order valence-corrected chi connectivity index (χ0v) is 11.1. The highest BCUT2D eigenvalue weighted by atomic mass is 19.3. The number of benzene rings is 2. The Balaban J connectivity index is 1.88. The first-order chi connectivity index (χ1) is 10.1. The third-order valence-electron chi connectivity index (χ3n) is 3.43. The summed E-state index contributed by atoms with van der Waals surface area (Å²) in [6.07, 6.45) is -0.821. The Morgan fingerprint density at radius 3 is 2.29 bits per heavy atom. The summed E-state index contributed by atoms with van der Waals surface area (Å²) in [5, 5.41) is 2.17. The average Bonchev–Trinajstić information content (AvgIpc) is 2.51. The van der Waals surface area contributed by atoms with Crippen molar-refractivity contribution in [3.8, 4) is 11.1 Å². The lowest BCUT2D eigenvalue weighted by Gasteiger charge is -2.31. The van der Waals surface area contributed by atoms with Crippen molar-refractivity contribution in [2.45, 2.75) is 12.0 Å². The third kappa shape index (κ3) is 2.72. The van der Waals surface area contributed by atoms with Gasteiger partial charge in [0.15, 0.2) is 6.61 Å². The molecule has 0 radical (unpaired) electrons. The molecule has 1 atom stereocenters. The van der Waals surface area contributed by atoms with Gasteiger partial charge in [-0.2, -0.15) is 0 Å². The van der Waals surface area contributed by atoms with Gasteiger partial charge in [-0.15, -0.1) is 0 Å². The van der Waals surface area contributed by atoms with Crippen molar-refractivity contribution < 1.29 is 18.3 Å². The number of carbonyl (C=O) groups excluding carboxylic acids is 1. The number of rotatable bonds is 2. The number of hydrogen-bond donors (Lipinski definition) is 1. The fourth-order valence-electron chi connectivity index (χ4n) is 2.34. The van der Waals surface area contributed by atoms with Crippen LogP contribution in [0.1, 0.15) is 11.6 Å². The molecule has 0 bridgehead atoms. The van der Waals surface area contributed by atoms with Gasteiger partial charge in [0.2, 0.25) is 0 Å². The fourth-order valence-corrected chi connectivity index (χ4v) is 2.34. The van der Waals surface area contributed by atoms with Gasteiger partial charge in [-0.3, -0.25) is 0 Å². The molecule has 5 heteroatoms. The Morgan fingerprint density at radius 2 is 1.62 bits per heavy atom. The minimum Gasteiger partial charge on any atom is -0.443 e. The van der Waals surface area contributed by atoms with E-state index in [4.69, 9.17) is 0 Å². The molecule has 3 rings (SSSR count). The lowest BCUT2D eigenvalue weighted by molar-refractivity contribution is -0.104. The molecule has 1 heterocycles. The van der Waals surface area contributed by atoms with Crippen LogP contribution in [0.5, 0.6) is 0 Å². The van der Waals surface area contributed by atoms with Gasteiger partial charge in [0.1, 0.15) is 6.04 Å². The highest BCUT2D eigenvalue weighted by molar-refractivity contribution is 5.69. The largest absolute Gasteiger partial charge is 0.443 e. The highest BCUT2D eigenvalue weighted by Crippen LogP contribution is 2.35. The lowest BCUT2D eigenvalue weighted by Crippen LogP contribution is -2.49. The normalized spacial score (nSPS) is 20.5. The van der Waals surface area contributed by atoms with E-state index in [1.807, 2.05) is 30.3 Å². The van der Waals surface area contributed by atoms with Gasteiger partial charge in [0, 0.05) is 0 Å². The first-order valence-corrected chi connectivity index (χ1v) is 6.53. The summed E-state index contributed by atoms with van der Waals surface area (Å²) >= 11 is 0. The SMILES string of the molecule is O=C1N[C@H](c2ccc(-c3ccccc3)cc2)C(F)(F)CO1. The molecular formula is C16H13F2NO2. The molecule has 0 aliphatic carbocycles. The topological polar surface area (TPSA) is 38.3 Å². The molecule has 0 unspecified atom stereocenters. The molecule has 1 fully saturated rings.